The zero-order valence-corrected chi connectivity index (χ0v) is 13.4. The fourth-order valence-electron chi connectivity index (χ4n) is 2.89. The van der Waals surface area contributed by atoms with Gasteiger partial charge in [0, 0.05) is 38.3 Å². The minimum atomic E-state index is 0.173. The Morgan fingerprint density at radius 1 is 1.26 bits per heavy atom. The Bertz CT molecular complexity index is 649. The molecule has 3 rings (SSSR count). The third kappa shape index (κ3) is 4.31. The summed E-state index contributed by atoms with van der Waals surface area (Å²) < 4.78 is 6.03. The molecular weight excluding hydrogens is 288 g/mol. The zero-order valence-electron chi connectivity index (χ0n) is 13.4. The third-order valence-corrected chi connectivity index (χ3v) is 4.17. The van der Waals surface area contributed by atoms with Gasteiger partial charge in [0.2, 0.25) is 5.91 Å². The first-order valence-corrected chi connectivity index (χ1v) is 8.11. The van der Waals surface area contributed by atoms with Crippen molar-refractivity contribution < 1.29 is 9.53 Å². The van der Waals surface area contributed by atoms with Crippen molar-refractivity contribution in [2.75, 3.05) is 13.1 Å². The molecule has 1 fully saturated rings. The predicted molar refractivity (Wildman–Crippen MR) is 89.4 cm³/mol. The fraction of sp³-hybridized carbons (Fsp3) is 0.368. The molecule has 0 unspecified atom stereocenters. The van der Waals surface area contributed by atoms with E-state index in [1.54, 1.807) is 12.4 Å². The van der Waals surface area contributed by atoms with Crippen LogP contribution in [-0.2, 0) is 11.2 Å². The Kier molecular flexibility index (Phi) is 4.91. The third-order valence-electron chi connectivity index (χ3n) is 4.17. The lowest BCUT2D eigenvalue weighted by atomic mass is 10.1. The van der Waals surface area contributed by atoms with Gasteiger partial charge in [0.15, 0.2) is 0 Å². The number of piperidine rings is 1. The average molecular weight is 310 g/mol. The number of benzene rings is 1. The van der Waals surface area contributed by atoms with Gasteiger partial charge in [0.1, 0.15) is 11.9 Å². The second kappa shape index (κ2) is 7.27. The van der Waals surface area contributed by atoms with Gasteiger partial charge in [-0.25, -0.2) is 0 Å². The molecule has 1 aliphatic heterocycles. The van der Waals surface area contributed by atoms with Crippen LogP contribution in [0.1, 0.15) is 24.0 Å². The highest BCUT2D eigenvalue weighted by Crippen LogP contribution is 2.20. The second-order valence-corrected chi connectivity index (χ2v) is 6.05. The summed E-state index contributed by atoms with van der Waals surface area (Å²) in [6.45, 7) is 3.58. The van der Waals surface area contributed by atoms with Gasteiger partial charge in [0.25, 0.3) is 0 Å². The Morgan fingerprint density at radius 3 is 2.78 bits per heavy atom. The lowest BCUT2D eigenvalue weighted by Crippen LogP contribution is -2.42. The number of nitrogens with zero attached hydrogens (tertiary/aromatic N) is 2. The lowest BCUT2D eigenvalue weighted by molar-refractivity contribution is -0.132. The van der Waals surface area contributed by atoms with Crippen LogP contribution in [0.2, 0.25) is 0 Å². The largest absolute Gasteiger partial charge is 0.490 e. The van der Waals surface area contributed by atoms with Crippen LogP contribution in [0.3, 0.4) is 0 Å². The molecule has 0 spiro atoms. The van der Waals surface area contributed by atoms with Crippen molar-refractivity contribution in [3.05, 3.63) is 59.9 Å². The van der Waals surface area contributed by atoms with Crippen LogP contribution in [0.15, 0.2) is 48.8 Å². The predicted octanol–water partition coefficient (Wildman–Crippen LogP) is 3.00. The highest BCUT2D eigenvalue weighted by Gasteiger charge is 2.23. The number of amides is 1. The van der Waals surface area contributed by atoms with E-state index in [2.05, 4.69) is 24.0 Å². The first kappa shape index (κ1) is 15.5. The maximum absolute atomic E-state index is 12.3. The summed E-state index contributed by atoms with van der Waals surface area (Å²) in [6, 6.07) is 11.9. The monoisotopic (exact) mass is 310 g/mol. The summed E-state index contributed by atoms with van der Waals surface area (Å²) in [5.41, 5.74) is 2.17. The standard InChI is InChI=1S/C19H22N2O2/c1-15-4-2-6-18(12-15)23-17-7-10-21(11-8-17)19(22)13-16-5-3-9-20-14-16/h2-6,9,12,14,17H,7-8,10-11,13H2,1H3. The van der Waals surface area contributed by atoms with Crippen LogP contribution >= 0.6 is 0 Å². The quantitative estimate of drug-likeness (QED) is 0.872. The first-order valence-electron chi connectivity index (χ1n) is 8.11. The van der Waals surface area contributed by atoms with Gasteiger partial charge in [-0.3, -0.25) is 9.78 Å². The fourth-order valence-corrected chi connectivity index (χ4v) is 2.89. The molecule has 2 aromatic rings. The summed E-state index contributed by atoms with van der Waals surface area (Å²) in [7, 11) is 0. The van der Waals surface area contributed by atoms with E-state index in [1.165, 1.54) is 5.56 Å². The van der Waals surface area contributed by atoms with E-state index in [0.717, 1.165) is 37.2 Å². The number of hydrogen-bond donors (Lipinski definition) is 0. The average Bonchev–Trinajstić information content (AvgIpc) is 2.56. The van der Waals surface area contributed by atoms with Gasteiger partial charge in [-0.15, -0.1) is 0 Å². The summed E-state index contributed by atoms with van der Waals surface area (Å²) >= 11 is 0. The molecule has 0 bridgehead atoms. The molecule has 2 heterocycles. The molecule has 0 N–H and O–H groups in total. The van der Waals surface area contributed by atoms with Crippen molar-refractivity contribution in [3.8, 4) is 5.75 Å². The smallest absolute Gasteiger partial charge is 0.227 e. The first-order chi connectivity index (χ1) is 11.2. The number of pyridine rings is 1. The van der Waals surface area contributed by atoms with Gasteiger partial charge in [-0.05, 0) is 36.2 Å². The topological polar surface area (TPSA) is 42.4 Å². The number of aromatic nitrogens is 1. The molecule has 4 heteroatoms. The zero-order chi connectivity index (χ0) is 16.1. The number of carbonyl (C=O) groups excluding carboxylic acids is 1. The molecule has 1 amide bonds. The van der Waals surface area contributed by atoms with Crippen molar-refractivity contribution in [1.29, 1.82) is 0 Å². The molecular formula is C19H22N2O2. The number of ether oxygens (including phenoxy) is 1. The maximum Gasteiger partial charge on any atom is 0.227 e. The Morgan fingerprint density at radius 2 is 2.09 bits per heavy atom. The van der Waals surface area contributed by atoms with E-state index in [0.29, 0.717) is 6.42 Å². The van der Waals surface area contributed by atoms with Crippen LogP contribution in [0.5, 0.6) is 5.75 Å². The molecule has 120 valence electrons. The number of hydrogen-bond acceptors (Lipinski definition) is 3. The van der Waals surface area contributed by atoms with Crippen LogP contribution in [-0.4, -0.2) is 35.0 Å². The minimum absolute atomic E-state index is 0.173. The van der Waals surface area contributed by atoms with E-state index in [4.69, 9.17) is 4.74 Å². The molecule has 0 saturated carbocycles. The number of likely N-dealkylation sites (tertiary alicyclic amines) is 1. The number of aryl methyl sites for hydroxylation is 1. The number of rotatable bonds is 4. The molecule has 0 aliphatic carbocycles. The highest BCUT2D eigenvalue weighted by atomic mass is 16.5. The molecule has 0 atom stereocenters. The highest BCUT2D eigenvalue weighted by molar-refractivity contribution is 5.78. The lowest BCUT2D eigenvalue weighted by Gasteiger charge is -2.32. The van der Waals surface area contributed by atoms with Crippen molar-refractivity contribution in [2.45, 2.75) is 32.3 Å². The molecule has 4 nitrogen and oxygen atoms in total. The summed E-state index contributed by atoms with van der Waals surface area (Å²) in [5, 5.41) is 0. The second-order valence-electron chi connectivity index (χ2n) is 6.05. The van der Waals surface area contributed by atoms with E-state index < -0.39 is 0 Å². The normalized spacial score (nSPS) is 15.4. The molecule has 0 radical (unpaired) electrons. The summed E-state index contributed by atoms with van der Waals surface area (Å²) in [6.07, 6.45) is 5.86. The molecule has 1 saturated heterocycles. The SMILES string of the molecule is Cc1cccc(OC2CCN(C(=O)Cc3cccnc3)CC2)c1. The molecule has 1 aromatic carbocycles. The van der Waals surface area contributed by atoms with Gasteiger partial charge in [0.05, 0.1) is 6.42 Å². The molecule has 1 aromatic heterocycles. The van der Waals surface area contributed by atoms with Crippen molar-refractivity contribution in [3.63, 3.8) is 0 Å². The van der Waals surface area contributed by atoms with Crippen LogP contribution in [0.25, 0.3) is 0 Å². The van der Waals surface area contributed by atoms with Gasteiger partial charge in [-0.1, -0.05) is 18.2 Å². The molecule has 23 heavy (non-hydrogen) atoms. The van der Waals surface area contributed by atoms with E-state index in [9.17, 15) is 4.79 Å². The number of carbonyl (C=O) groups is 1. The van der Waals surface area contributed by atoms with Crippen LogP contribution in [0, 0.1) is 6.92 Å². The van der Waals surface area contributed by atoms with Crippen LogP contribution < -0.4 is 4.74 Å². The summed E-state index contributed by atoms with van der Waals surface area (Å²) in [5.74, 6) is 1.09. The van der Waals surface area contributed by atoms with Gasteiger partial charge >= 0.3 is 0 Å². The van der Waals surface area contributed by atoms with Crippen molar-refractivity contribution >= 4 is 5.91 Å². The van der Waals surface area contributed by atoms with Crippen molar-refractivity contribution in [2.24, 2.45) is 0 Å². The van der Waals surface area contributed by atoms with Gasteiger partial charge < -0.3 is 9.64 Å². The Hall–Kier alpha value is -2.36. The Balaban J connectivity index is 1.49. The van der Waals surface area contributed by atoms with E-state index in [1.807, 2.05) is 29.2 Å². The van der Waals surface area contributed by atoms with E-state index >= 15 is 0 Å². The Labute approximate surface area is 137 Å². The molecule has 1 aliphatic rings. The summed E-state index contributed by atoms with van der Waals surface area (Å²) in [4.78, 5) is 18.3. The van der Waals surface area contributed by atoms with Crippen LogP contribution in [0.4, 0.5) is 0 Å². The van der Waals surface area contributed by atoms with E-state index in [-0.39, 0.29) is 12.0 Å². The van der Waals surface area contributed by atoms with Crippen molar-refractivity contribution in [1.82, 2.24) is 9.88 Å². The minimum Gasteiger partial charge on any atom is -0.490 e. The maximum atomic E-state index is 12.3. The van der Waals surface area contributed by atoms with Gasteiger partial charge in [-0.2, -0.15) is 0 Å².